The van der Waals surface area contributed by atoms with Crippen molar-refractivity contribution >= 4 is 0 Å². The number of aromatic nitrogens is 2. The first-order valence-electron chi connectivity index (χ1n) is 9.80. The van der Waals surface area contributed by atoms with Gasteiger partial charge in [-0.05, 0) is 49.2 Å². The lowest BCUT2D eigenvalue weighted by Gasteiger charge is -2.30. The Labute approximate surface area is 161 Å². The summed E-state index contributed by atoms with van der Waals surface area (Å²) in [5.74, 6) is 0.919. The molecule has 0 saturated carbocycles. The maximum atomic E-state index is 5.32. The monoisotopic (exact) mass is 361 g/mol. The van der Waals surface area contributed by atoms with E-state index >= 15 is 0 Å². The molecule has 1 unspecified atom stereocenters. The second-order valence-electron chi connectivity index (χ2n) is 7.24. The highest BCUT2D eigenvalue weighted by atomic mass is 16.5. The van der Waals surface area contributed by atoms with Crippen molar-refractivity contribution in [3.05, 3.63) is 78.1 Å². The van der Waals surface area contributed by atoms with Crippen LogP contribution in [0.3, 0.4) is 0 Å². The Balaban J connectivity index is 1.53. The van der Waals surface area contributed by atoms with E-state index in [2.05, 4.69) is 52.6 Å². The second-order valence-corrected chi connectivity index (χ2v) is 7.24. The fraction of sp³-hybridized carbons (Fsp3) is 0.348. The van der Waals surface area contributed by atoms with Crippen LogP contribution in [0.5, 0.6) is 5.75 Å². The van der Waals surface area contributed by atoms with E-state index in [4.69, 9.17) is 4.74 Å². The smallest absolute Gasteiger partial charge is 0.118 e. The molecule has 4 rings (SSSR count). The maximum absolute atomic E-state index is 5.32. The second kappa shape index (κ2) is 8.40. The molecule has 140 valence electrons. The molecule has 2 heterocycles. The third-order valence-electron chi connectivity index (χ3n) is 5.41. The first-order valence-corrected chi connectivity index (χ1v) is 9.80. The molecule has 0 radical (unpaired) electrons. The maximum Gasteiger partial charge on any atom is 0.118 e. The number of ether oxygens (including phenoxy) is 1. The van der Waals surface area contributed by atoms with Gasteiger partial charge in [0.15, 0.2) is 0 Å². The molecule has 1 saturated heterocycles. The highest BCUT2D eigenvalue weighted by molar-refractivity contribution is 5.31. The molecule has 0 N–H and O–H groups in total. The molecule has 27 heavy (non-hydrogen) atoms. The van der Waals surface area contributed by atoms with Crippen LogP contribution in [0, 0.1) is 0 Å². The average molecular weight is 361 g/mol. The van der Waals surface area contributed by atoms with Gasteiger partial charge in [-0.1, -0.05) is 43.2 Å². The van der Waals surface area contributed by atoms with Gasteiger partial charge >= 0.3 is 0 Å². The fourth-order valence-corrected chi connectivity index (χ4v) is 3.96. The number of methoxy groups -OCH3 is 1. The van der Waals surface area contributed by atoms with Gasteiger partial charge in [-0.2, -0.15) is 5.10 Å². The summed E-state index contributed by atoms with van der Waals surface area (Å²) in [6, 6.07) is 19.3. The predicted molar refractivity (Wildman–Crippen MR) is 108 cm³/mol. The van der Waals surface area contributed by atoms with E-state index in [0.29, 0.717) is 6.04 Å². The van der Waals surface area contributed by atoms with Crippen molar-refractivity contribution in [2.24, 2.45) is 0 Å². The van der Waals surface area contributed by atoms with Crippen LogP contribution in [0.4, 0.5) is 0 Å². The summed E-state index contributed by atoms with van der Waals surface area (Å²) in [7, 11) is 1.72. The molecule has 1 atom stereocenters. The number of benzene rings is 2. The van der Waals surface area contributed by atoms with Crippen LogP contribution in [0.1, 0.15) is 42.9 Å². The van der Waals surface area contributed by atoms with Crippen LogP contribution < -0.4 is 4.74 Å². The number of likely N-dealkylation sites (tertiary alicyclic amines) is 1. The Hall–Kier alpha value is -2.59. The normalized spacial score (nSPS) is 18.2. The van der Waals surface area contributed by atoms with Crippen LogP contribution in [-0.4, -0.2) is 28.3 Å². The zero-order valence-electron chi connectivity index (χ0n) is 15.9. The van der Waals surface area contributed by atoms with Crippen LogP contribution >= 0.6 is 0 Å². The summed E-state index contributed by atoms with van der Waals surface area (Å²) >= 11 is 0. The van der Waals surface area contributed by atoms with Gasteiger partial charge in [-0.15, -0.1) is 0 Å². The van der Waals surface area contributed by atoms with E-state index in [1.165, 1.54) is 36.8 Å². The molecule has 0 bridgehead atoms. The Bertz CT molecular complexity index is 842. The first-order chi connectivity index (χ1) is 13.3. The summed E-state index contributed by atoms with van der Waals surface area (Å²) in [4.78, 5) is 2.61. The summed E-state index contributed by atoms with van der Waals surface area (Å²) in [6.07, 6.45) is 9.23. The Kier molecular flexibility index (Phi) is 5.54. The van der Waals surface area contributed by atoms with Gasteiger partial charge in [0, 0.05) is 24.3 Å². The zero-order chi connectivity index (χ0) is 18.5. The molecule has 1 aromatic heterocycles. The van der Waals surface area contributed by atoms with E-state index < -0.39 is 0 Å². The molecular weight excluding hydrogens is 334 g/mol. The molecule has 0 aliphatic carbocycles. The lowest BCUT2D eigenvalue weighted by molar-refractivity contribution is 0.192. The minimum Gasteiger partial charge on any atom is -0.497 e. The van der Waals surface area contributed by atoms with Gasteiger partial charge in [-0.3, -0.25) is 4.90 Å². The number of rotatable bonds is 5. The highest BCUT2D eigenvalue weighted by Crippen LogP contribution is 2.32. The molecule has 1 aliphatic rings. The van der Waals surface area contributed by atoms with Crippen molar-refractivity contribution in [2.75, 3.05) is 13.7 Å². The van der Waals surface area contributed by atoms with Crippen molar-refractivity contribution in [3.63, 3.8) is 0 Å². The molecule has 1 aliphatic heterocycles. The van der Waals surface area contributed by atoms with Gasteiger partial charge in [0.25, 0.3) is 0 Å². The van der Waals surface area contributed by atoms with Crippen LogP contribution in [0.2, 0.25) is 0 Å². The van der Waals surface area contributed by atoms with Crippen molar-refractivity contribution in [1.29, 1.82) is 0 Å². The van der Waals surface area contributed by atoms with Gasteiger partial charge < -0.3 is 4.74 Å². The van der Waals surface area contributed by atoms with E-state index in [0.717, 1.165) is 24.5 Å². The lowest BCUT2D eigenvalue weighted by atomic mass is 10.0. The van der Waals surface area contributed by atoms with Gasteiger partial charge in [0.1, 0.15) is 5.75 Å². The van der Waals surface area contributed by atoms with Gasteiger partial charge in [-0.25, -0.2) is 4.68 Å². The van der Waals surface area contributed by atoms with Crippen LogP contribution in [0.15, 0.2) is 67.0 Å². The number of para-hydroxylation sites is 1. The Morgan fingerprint density at radius 2 is 1.81 bits per heavy atom. The van der Waals surface area contributed by atoms with Gasteiger partial charge in [0.2, 0.25) is 0 Å². The van der Waals surface area contributed by atoms with E-state index in [1.807, 2.05) is 29.1 Å². The summed E-state index contributed by atoms with van der Waals surface area (Å²) < 4.78 is 7.29. The minimum absolute atomic E-state index is 0.457. The molecule has 0 spiro atoms. The van der Waals surface area contributed by atoms with Crippen molar-refractivity contribution in [1.82, 2.24) is 14.7 Å². The molecule has 3 aromatic rings. The van der Waals surface area contributed by atoms with E-state index in [9.17, 15) is 0 Å². The number of hydrogen-bond acceptors (Lipinski definition) is 3. The van der Waals surface area contributed by atoms with E-state index in [1.54, 1.807) is 7.11 Å². The standard InChI is InChI=1S/C23H27N3O/c1-27-22-13-11-20(12-14-22)23-10-6-3-7-15-25(23)17-19-16-24-26(18-19)21-8-4-2-5-9-21/h2,4-5,8-9,11-14,16,18,23H,3,6-7,10,15,17H2,1H3. The topological polar surface area (TPSA) is 30.3 Å². The summed E-state index contributed by atoms with van der Waals surface area (Å²) in [5, 5.41) is 4.57. The van der Waals surface area contributed by atoms with Crippen LogP contribution in [0.25, 0.3) is 5.69 Å². The Morgan fingerprint density at radius 1 is 1.00 bits per heavy atom. The molecule has 0 amide bonds. The predicted octanol–water partition coefficient (Wildman–Crippen LogP) is 5.00. The minimum atomic E-state index is 0.457. The van der Waals surface area contributed by atoms with Crippen molar-refractivity contribution in [3.8, 4) is 11.4 Å². The molecule has 1 fully saturated rings. The zero-order valence-corrected chi connectivity index (χ0v) is 15.9. The third-order valence-corrected chi connectivity index (χ3v) is 5.41. The quantitative estimate of drug-likeness (QED) is 0.641. The summed E-state index contributed by atoms with van der Waals surface area (Å²) in [5.41, 5.74) is 3.75. The van der Waals surface area contributed by atoms with Crippen molar-refractivity contribution < 1.29 is 4.74 Å². The number of hydrogen-bond donors (Lipinski definition) is 0. The molecule has 2 aromatic carbocycles. The fourth-order valence-electron chi connectivity index (χ4n) is 3.96. The SMILES string of the molecule is COc1ccc(C2CCCCCN2Cc2cnn(-c3ccccc3)c2)cc1. The van der Waals surface area contributed by atoms with E-state index in [-0.39, 0.29) is 0 Å². The largest absolute Gasteiger partial charge is 0.497 e. The number of nitrogens with zero attached hydrogens (tertiary/aromatic N) is 3. The van der Waals surface area contributed by atoms with Crippen LogP contribution in [-0.2, 0) is 6.54 Å². The molecular formula is C23H27N3O. The first kappa shape index (κ1) is 17.8. The highest BCUT2D eigenvalue weighted by Gasteiger charge is 2.23. The van der Waals surface area contributed by atoms with Crippen molar-refractivity contribution in [2.45, 2.75) is 38.3 Å². The van der Waals surface area contributed by atoms with Gasteiger partial charge in [0.05, 0.1) is 19.0 Å². The Morgan fingerprint density at radius 3 is 2.59 bits per heavy atom. The lowest BCUT2D eigenvalue weighted by Crippen LogP contribution is -2.28. The third kappa shape index (κ3) is 4.22. The molecule has 4 heteroatoms. The molecule has 4 nitrogen and oxygen atoms in total. The summed E-state index contributed by atoms with van der Waals surface area (Å²) in [6.45, 7) is 2.07. The average Bonchev–Trinajstić information content (AvgIpc) is 3.07.